The molecule has 0 atom stereocenters. The van der Waals surface area contributed by atoms with Gasteiger partial charge < -0.3 is 14.6 Å². The molecule has 0 aliphatic heterocycles. The highest BCUT2D eigenvalue weighted by molar-refractivity contribution is 5.87. The Morgan fingerprint density at radius 2 is 1.86 bits per heavy atom. The molecule has 2 heterocycles. The van der Waals surface area contributed by atoms with Gasteiger partial charge in [-0.3, -0.25) is 0 Å². The van der Waals surface area contributed by atoms with E-state index in [0.29, 0.717) is 12.3 Å². The van der Waals surface area contributed by atoms with Crippen molar-refractivity contribution in [2.45, 2.75) is 13.5 Å². The Labute approximate surface area is 169 Å². The Morgan fingerprint density at radius 1 is 1.07 bits per heavy atom. The summed E-state index contributed by atoms with van der Waals surface area (Å²) >= 11 is 0. The molecule has 0 radical (unpaired) electrons. The number of aryl methyl sites for hydroxylation is 1. The molecule has 6 nitrogen and oxygen atoms in total. The highest BCUT2D eigenvalue weighted by Gasteiger charge is 2.14. The highest BCUT2D eigenvalue weighted by Crippen LogP contribution is 2.24. The van der Waals surface area contributed by atoms with Crippen molar-refractivity contribution < 1.29 is 9.15 Å². The topological polar surface area (TPSA) is 64.6 Å². The van der Waals surface area contributed by atoms with Crippen molar-refractivity contribution in [1.29, 1.82) is 0 Å². The van der Waals surface area contributed by atoms with Gasteiger partial charge in [-0.1, -0.05) is 36.4 Å². The molecule has 0 saturated heterocycles. The minimum Gasteiger partial charge on any atom is -0.496 e. The lowest BCUT2D eigenvalue weighted by Crippen LogP contribution is -2.06. The molecule has 6 heteroatoms. The molecule has 0 unspecified atom stereocenters. The maximum Gasteiger partial charge on any atom is 0.155 e. The molecule has 4 rings (SSSR count). The molecule has 0 aliphatic carbocycles. The molecule has 0 bridgehead atoms. The summed E-state index contributed by atoms with van der Waals surface area (Å²) in [4.78, 5) is 0. The molecule has 0 aliphatic rings. The Morgan fingerprint density at radius 3 is 2.62 bits per heavy atom. The predicted octanol–water partition coefficient (Wildman–Crippen LogP) is 4.57. The minimum absolute atomic E-state index is 0.558. The van der Waals surface area contributed by atoms with Crippen molar-refractivity contribution in [2.75, 3.05) is 7.11 Å². The number of nitrogens with zero attached hydrogens (tertiary/aromatic N) is 3. The van der Waals surface area contributed by atoms with E-state index in [0.717, 1.165) is 34.0 Å². The van der Waals surface area contributed by atoms with Crippen LogP contribution in [0.1, 0.15) is 16.9 Å². The van der Waals surface area contributed by atoms with E-state index in [2.05, 4.69) is 10.5 Å². The van der Waals surface area contributed by atoms with E-state index in [1.807, 2.05) is 84.5 Å². The van der Waals surface area contributed by atoms with E-state index < -0.39 is 0 Å². The van der Waals surface area contributed by atoms with Crippen LogP contribution in [0.4, 0.5) is 0 Å². The number of rotatable bonds is 7. The third kappa shape index (κ3) is 4.21. The van der Waals surface area contributed by atoms with E-state index in [4.69, 9.17) is 14.3 Å². The number of hydrogen-bond donors (Lipinski definition) is 1. The van der Waals surface area contributed by atoms with Crippen LogP contribution < -0.4 is 10.2 Å². The highest BCUT2D eigenvalue weighted by atomic mass is 16.5. The van der Waals surface area contributed by atoms with Crippen LogP contribution >= 0.6 is 0 Å². The number of furan rings is 1. The Kier molecular flexibility index (Phi) is 5.42. The molecule has 0 saturated carbocycles. The first-order valence-corrected chi connectivity index (χ1v) is 9.34. The monoisotopic (exact) mass is 386 g/mol. The number of ether oxygens (including phenoxy) is 1. The maximum atomic E-state index is 5.79. The Hall–Kier alpha value is -3.80. The molecule has 0 fully saturated rings. The van der Waals surface area contributed by atoms with Crippen LogP contribution in [0.5, 0.6) is 5.75 Å². The van der Waals surface area contributed by atoms with Gasteiger partial charge in [0.1, 0.15) is 17.2 Å². The van der Waals surface area contributed by atoms with Crippen LogP contribution in [0.3, 0.4) is 0 Å². The number of para-hydroxylation sites is 2. The van der Waals surface area contributed by atoms with Crippen molar-refractivity contribution in [3.8, 4) is 22.9 Å². The third-order valence-electron chi connectivity index (χ3n) is 4.49. The van der Waals surface area contributed by atoms with Gasteiger partial charge in [0.15, 0.2) is 5.76 Å². The summed E-state index contributed by atoms with van der Waals surface area (Å²) in [7, 11) is 1.66. The van der Waals surface area contributed by atoms with Crippen molar-refractivity contribution in [2.24, 2.45) is 5.10 Å². The summed E-state index contributed by atoms with van der Waals surface area (Å²) in [6.07, 6.45) is 3.70. The zero-order valence-electron chi connectivity index (χ0n) is 16.4. The van der Waals surface area contributed by atoms with E-state index >= 15 is 0 Å². The number of nitrogens with one attached hydrogen (secondary N) is 1. The van der Waals surface area contributed by atoms with Gasteiger partial charge in [-0.05, 0) is 37.3 Å². The number of methoxy groups -OCH3 is 1. The van der Waals surface area contributed by atoms with E-state index in [-0.39, 0.29) is 0 Å². The fraction of sp³-hybridized carbons (Fsp3) is 0.130. The molecule has 0 spiro atoms. The second kappa shape index (κ2) is 8.48. The molecule has 2 aromatic carbocycles. The predicted molar refractivity (Wildman–Crippen MR) is 113 cm³/mol. The molecule has 146 valence electrons. The average Bonchev–Trinajstić information content (AvgIpc) is 3.38. The molecule has 2 aromatic heterocycles. The van der Waals surface area contributed by atoms with Crippen LogP contribution in [-0.2, 0) is 6.54 Å². The quantitative estimate of drug-likeness (QED) is 0.373. The zero-order chi connectivity index (χ0) is 20.1. The summed E-state index contributed by atoms with van der Waals surface area (Å²) in [6, 6.07) is 21.7. The standard InChI is InChI=1S/C23H22N4O2/c1-17-12-13-22(29-17)23-19(16-27(26-23)20-9-4-3-5-10-20)15-25-24-14-18-8-6-7-11-21(18)28-2/h3-13,15-16,24H,14H2,1-2H3/b25-15+. The van der Waals surface area contributed by atoms with E-state index in [1.165, 1.54) is 0 Å². The van der Waals surface area contributed by atoms with Crippen molar-refractivity contribution in [3.05, 3.63) is 89.8 Å². The molecule has 4 aromatic rings. The lowest BCUT2D eigenvalue weighted by Gasteiger charge is -2.07. The van der Waals surface area contributed by atoms with E-state index in [9.17, 15) is 0 Å². The van der Waals surface area contributed by atoms with Crippen LogP contribution in [0.15, 0.2) is 82.4 Å². The van der Waals surface area contributed by atoms with Gasteiger partial charge in [-0.25, -0.2) is 4.68 Å². The van der Waals surface area contributed by atoms with E-state index in [1.54, 1.807) is 13.3 Å². The minimum atomic E-state index is 0.558. The first-order chi connectivity index (χ1) is 14.2. The van der Waals surface area contributed by atoms with Crippen LogP contribution in [0.25, 0.3) is 17.1 Å². The van der Waals surface area contributed by atoms with Gasteiger partial charge in [0.05, 0.1) is 25.6 Å². The van der Waals surface area contributed by atoms with Gasteiger partial charge in [-0.2, -0.15) is 10.2 Å². The fourth-order valence-corrected chi connectivity index (χ4v) is 3.04. The third-order valence-corrected chi connectivity index (χ3v) is 4.49. The summed E-state index contributed by atoms with van der Waals surface area (Å²) in [5.41, 5.74) is 6.68. The van der Waals surface area contributed by atoms with Crippen molar-refractivity contribution in [1.82, 2.24) is 15.2 Å². The zero-order valence-corrected chi connectivity index (χ0v) is 16.4. The molecule has 1 N–H and O–H groups in total. The SMILES string of the molecule is COc1ccccc1CN/N=C/c1cn(-c2ccccc2)nc1-c1ccc(C)o1. The normalized spacial score (nSPS) is 11.1. The summed E-state index contributed by atoms with van der Waals surface area (Å²) in [5.74, 6) is 2.38. The van der Waals surface area contributed by atoms with Gasteiger partial charge in [0, 0.05) is 17.3 Å². The number of hydrazone groups is 1. The van der Waals surface area contributed by atoms with Crippen LogP contribution in [0, 0.1) is 6.92 Å². The Balaban J connectivity index is 1.58. The number of aromatic nitrogens is 2. The lowest BCUT2D eigenvalue weighted by molar-refractivity contribution is 0.408. The largest absolute Gasteiger partial charge is 0.496 e. The second-order valence-electron chi connectivity index (χ2n) is 6.53. The summed E-state index contributed by atoms with van der Waals surface area (Å²) in [5, 5.41) is 9.10. The molecular weight excluding hydrogens is 364 g/mol. The van der Waals surface area contributed by atoms with Gasteiger partial charge in [0.25, 0.3) is 0 Å². The molecule has 29 heavy (non-hydrogen) atoms. The number of hydrogen-bond acceptors (Lipinski definition) is 5. The van der Waals surface area contributed by atoms with Crippen molar-refractivity contribution in [3.63, 3.8) is 0 Å². The first kappa shape index (κ1) is 18.6. The van der Waals surface area contributed by atoms with Gasteiger partial charge in [-0.15, -0.1) is 0 Å². The average molecular weight is 386 g/mol. The smallest absolute Gasteiger partial charge is 0.155 e. The van der Waals surface area contributed by atoms with Crippen LogP contribution in [-0.4, -0.2) is 23.1 Å². The second-order valence-corrected chi connectivity index (χ2v) is 6.53. The van der Waals surface area contributed by atoms with Gasteiger partial charge in [0.2, 0.25) is 0 Å². The first-order valence-electron chi connectivity index (χ1n) is 9.34. The summed E-state index contributed by atoms with van der Waals surface area (Å²) < 4.78 is 13.0. The number of benzene rings is 2. The fourth-order valence-electron chi connectivity index (χ4n) is 3.04. The van der Waals surface area contributed by atoms with Crippen molar-refractivity contribution >= 4 is 6.21 Å². The maximum absolute atomic E-state index is 5.79. The van der Waals surface area contributed by atoms with Gasteiger partial charge >= 0.3 is 0 Å². The molecular formula is C23H22N4O2. The van der Waals surface area contributed by atoms with Crippen LogP contribution in [0.2, 0.25) is 0 Å². The molecule has 0 amide bonds. The lowest BCUT2D eigenvalue weighted by atomic mass is 10.2. The Bertz CT molecular complexity index is 1110. The summed E-state index contributed by atoms with van der Waals surface area (Å²) in [6.45, 7) is 2.47.